The molecule has 1 unspecified atom stereocenters. The number of hydrogen-bond donors (Lipinski definition) is 4. The minimum atomic E-state index is -0.641. The third kappa shape index (κ3) is 7.18. The Bertz CT molecular complexity index is 1480. The van der Waals surface area contributed by atoms with E-state index in [1.807, 2.05) is 67.0 Å². The predicted molar refractivity (Wildman–Crippen MR) is 154 cm³/mol. The number of carbonyl (C=O) groups excluding carboxylic acids is 2. The summed E-state index contributed by atoms with van der Waals surface area (Å²) in [6.45, 7) is 4.97. The Morgan fingerprint density at radius 1 is 1.10 bits per heavy atom. The summed E-state index contributed by atoms with van der Waals surface area (Å²) in [5.41, 5.74) is 4.40. The van der Waals surface area contributed by atoms with Gasteiger partial charge in [0.15, 0.2) is 0 Å². The maximum Gasteiger partial charge on any atom is 0.251 e. The number of rotatable bonds is 11. The Morgan fingerprint density at radius 3 is 2.50 bits per heavy atom. The van der Waals surface area contributed by atoms with Crippen LogP contribution in [0.4, 0.5) is 0 Å². The van der Waals surface area contributed by atoms with Gasteiger partial charge in [0.2, 0.25) is 5.91 Å². The van der Waals surface area contributed by atoms with Crippen molar-refractivity contribution in [3.05, 3.63) is 88.7 Å². The van der Waals surface area contributed by atoms with Gasteiger partial charge in [-0.2, -0.15) is 0 Å². The molecular weight excluding hydrogens is 532 g/mol. The molecule has 2 aromatic carbocycles. The lowest BCUT2D eigenvalue weighted by atomic mass is 10.0. The van der Waals surface area contributed by atoms with Crippen LogP contribution in [0.15, 0.2) is 67.0 Å². The second kappa shape index (κ2) is 13.0. The lowest BCUT2D eigenvalue weighted by molar-refractivity contribution is -0.123. The van der Waals surface area contributed by atoms with Crippen molar-refractivity contribution in [2.75, 3.05) is 13.2 Å². The van der Waals surface area contributed by atoms with Crippen molar-refractivity contribution in [1.29, 1.82) is 0 Å². The Morgan fingerprint density at radius 2 is 1.85 bits per heavy atom. The number of imidazole rings is 1. The van der Waals surface area contributed by atoms with Crippen molar-refractivity contribution in [2.24, 2.45) is 0 Å². The molecule has 210 valence electrons. The van der Waals surface area contributed by atoms with Crippen LogP contribution in [0.5, 0.6) is 5.75 Å². The number of aliphatic hydroxyl groups is 2. The zero-order valence-electron chi connectivity index (χ0n) is 22.6. The van der Waals surface area contributed by atoms with Crippen LogP contribution in [0.1, 0.15) is 48.4 Å². The topological polar surface area (TPSA) is 125 Å². The van der Waals surface area contributed by atoms with E-state index in [9.17, 15) is 14.7 Å². The molecule has 4 N–H and O–H groups in total. The number of aromatic nitrogens is 2. The van der Waals surface area contributed by atoms with E-state index in [4.69, 9.17) is 26.4 Å². The number of benzene rings is 2. The third-order valence-corrected chi connectivity index (χ3v) is 6.57. The van der Waals surface area contributed by atoms with E-state index < -0.39 is 24.7 Å². The normalized spacial score (nSPS) is 12.8. The number of aliphatic hydroxyl groups excluding tert-OH is 2. The van der Waals surface area contributed by atoms with Crippen molar-refractivity contribution in [1.82, 2.24) is 20.0 Å². The zero-order chi connectivity index (χ0) is 28.8. The summed E-state index contributed by atoms with van der Waals surface area (Å²) < 4.78 is 7.52. The van der Waals surface area contributed by atoms with Gasteiger partial charge >= 0.3 is 0 Å². The van der Waals surface area contributed by atoms with E-state index in [0.29, 0.717) is 28.4 Å². The van der Waals surface area contributed by atoms with Crippen LogP contribution >= 0.6 is 11.6 Å². The molecule has 2 amide bonds. The van der Waals surface area contributed by atoms with Crippen LogP contribution in [-0.2, 0) is 11.2 Å². The number of carbonyl (C=O) groups is 2. The van der Waals surface area contributed by atoms with Crippen molar-refractivity contribution in [3.63, 3.8) is 0 Å². The molecule has 0 saturated carbocycles. The Labute approximate surface area is 237 Å². The van der Waals surface area contributed by atoms with Gasteiger partial charge in [-0.25, -0.2) is 4.98 Å². The molecule has 2 aromatic heterocycles. The van der Waals surface area contributed by atoms with E-state index in [1.54, 1.807) is 25.1 Å². The van der Waals surface area contributed by atoms with E-state index in [1.165, 1.54) is 0 Å². The average Bonchev–Trinajstić information content (AvgIpc) is 3.37. The maximum absolute atomic E-state index is 13.0. The van der Waals surface area contributed by atoms with Gasteiger partial charge in [0.05, 0.1) is 29.0 Å². The lowest BCUT2D eigenvalue weighted by Crippen LogP contribution is -2.45. The SMILES string of the molecule is CC(C)Oc1ccc(C(=O)N[C@H](CNC(=O)CO)Cc2ccc(-c3cn4cccc(C(C)O)c4n3)cc2)cc1Cl. The summed E-state index contributed by atoms with van der Waals surface area (Å²) in [5.74, 6) is -0.388. The van der Waals surface area contributed by atoms with E-state index in [-0.39, 0.29) is 18.6 Å². The fraction of sp³-hybridized carbons (Fsp3) is 0.300. The Balaban J connectivity index is 1.50. The highest BCUT2D eigenvalue weighted by Gasteiger charge is 2.18. The van der Waals surface area contributed by atoms with Crippen LogP contribution in [0.25, 0.3) is 16.9 Å². The standard InChI is InChI=1S/C30H33ClN4O5/c1-18(2)40-27-11-10-22(14-25(27)31)30(39)33-23(15-32-28(38)17-36)13-20-6-8-21(9-7-20)26-16-35-12-4-5-24(19(3)37)29(35)34-26/h4-12,14,16,18-19,23,36-37H,13,15,17H2,1-3H3,(H,32,38)(H,33,39)/t19?,23-/m0/s1. The monoisotopic (exact) mass is 564 g/mol. The molecule has 0 aliphatic carbocycles. The summed E-state index contributed by atoms with van der Waals surface area (Å²) in [4.78, 5) is 29.5. The summed E-state index contributed by atoms with van der Waals surface area (Å²) >= 11 is 6.31. The zero-order valence-corrected chi connectivity index (χ0v) is 23.4. The summed E-state index contributed by atoms with van der Waals surface area (Å²) in [7, 11) is 0. The van der Waals surface area contributed by atoms with E-state index in [0.717, 1.165) is 22.4 Å². The number of nitrogens with zero attached hydrogens (tertiary/aromatic N) is 2. The number of amides is 2. The second-order valence-corrected chi connectivity index (χ2v) is 10.2. The molecular formula is C30H33ClN4O5. The Kier molecular flexibility index (Phi) is 9.42. The van der Waals surface area contributed by atoms with E-state index >= 15 is 0 Å². The molecule has 9 nitrogen and oxygen atoms in total. The summed E-state index contributed by atoms with van der Waals surface area (Å²) in [6.07, 6.45) is 3.53. The first kappa shape index (κ1) is 29.1. The molecule has 0 aliphatic rings. The van der Waals surface area contributed by atoms with Gasteiger partial charge in [0, 0.05) is 35.6 Å². The molecule has 2 heterocycles. The van der Waals surface area contributed by atoms with Gasteiger partial charge in [-0.3, -0.25) is 9.59 Å². The van der Waals surface area contributed by atoms with Crippen LogP contribution in [-0.4, -0.2) is 56.7 Å². The van der Waals surface area contributed by atoms with Crippen LogP contribution < -0.4 is 15.4 Å². The molecule has 4 aromatic rings. The van der Waals surface area contributed by atoms with Gasteiger partial charge in [-0.15, -0.1) is 0 Å². The molecule has 0 bridgehead atoms. The fourth-order valence-corrected chi connectivity index (χ4v) is 4.55. The molecule has 10 heteroatoms. The number of halogens is 1. The highest BCUT2D eigenvalue weighted by Crippen LogP contribution is 2.27. The van der Waals surface area contributed by atoms with Gasteiger partial charge < -0.3 is 30.0 Å². The molecule has 0 radical (unpaired) electrons. The number of nitrogens with one attached hydrogen (secondary N) is 2. The minimum Gasteiger partial charge on any atom is -0.489 e. The smallest absolute Gasteiger partial charge is 0.251 e. The van der Waals surface area contributed by atoms with Gasteiger partial charge in [0.1, 0.15) is 18.0 Å². The third-order valence-electron chi connectivity index (χ3n) is 6.28. The highest BCUT2D eigenvalue weighted by atomic mass is 35.5. The number of pyridine rings is 1. The van der Waals surface area contributed by atoms with Crippen LogP contribution in [0.2, 0.25) is 5.02 Å². The minimum absolute atomic E-state index is 0.0579. The number of fused-ring (bicyclic) bond motifs is 1. The number of ether oxygens (including phenoxy) is 1. The molecule has 0 aliphatic heterocycles. The van der Waals surface area contributed by atoms with Crippen LogP contribution in [0, 0.1) is 0 Å². The van der Waals surface area contributed by atoms with Gasteiger partial charge in [-0.1, -0.05) is 41.9 Å². The number of hydrogen-bond acceptors (Lipinski definition) is 6. The summed E-state index contributed by atoms with van der Waals surface area (Å²) in [5, 5.41) is 25.1. The van der Waals surface area contributed by atoms with Crippen molar-refractivity contribution >= 4 is 29.1 Å². The van der Waals surface area contributed by atoms with Crippen molar-refractivity contribution < 1.29 is 24.5 Å². The first-order valence-corrected chi connectivity index (χ1v) is 13.4. The fourth-order valence-electron chi connectivity index (χ4n) is 4.32. The lowest BCUT2D eigenvalue weighted by Gasteiger charge is -2.20. The average molecular weight is 565 g/mol. The molecule has 0 spiro atoms. The van der Waals surface area contributed by atoms with Gasteiger partial charge in [0.25, 0.3) is 5.91 Å². The maximum atomic E-state index is 13.0. The molecule has 2 atom stereocenters. The first-order chi connectivity index (χ1) is 19.1. The second-order valence-electron chi connectivity index (χ2n) is 9.84. The van der Waals surface area contributed by atoms with Gasteiger partial charge in [-0.05, 0) is 57.0 Å². The summed E-state index contributed by atoms with van der Waals surface area (Å²) in [6, 6.07) is 15.9. The van der Waals surface area contributed by atoms with Crippen LogP contribution in [0.3, 0.4) is 0 Å². The highest BCUT2D eigenvalue weighted by molar-refractivity contribution is 6.32. The molecule has 0 saturated heterocycles. The first-order valence-electron chi connectivity index (χ1n) is 13.0. The van der Waals surface area contributed by atoms with E-state index in [2.05, 4.69) is 10.6 Å². The predicted octanol–water partition coefficient (Wildman–Crippen LogP) is 3.94. The largest absolute Gasteiger partial charge is 0.489 e. The van der Waals surface area contributed by atoms with Crippen molar-refractivity contribution in [3.8, 4) is 17.0 Å². The van der Waals surface area contributed by atoms with Crippen molar-refractivity contribution in [2.45, 2.75) is 45.4 Å². The quantitative estimate of drug-likeness (QED) is 0.219. The molecule has 4 rings (SSSR count). The Hall–Kier alpha value is -3.92. The molecule has 40 heavy (non-hydrogen) atoms. The molecule has 0 fully saturated rings.